The Morgan fingerprint density at radius 2 is 1.94 bits per heavy atom. The summed E-state index contributed by atoms with van der Waals surface area (Å²) in [4.78, 5) is 22.5. The van der Waals surface area contributed by atoms with Gasteiger partial charge in [-0.05, 0) is 24.3 Å². The normalized spacial score (nSPS) is 11.9. The molecule has 0 fully saturated rings. The lowest BCUT2D eigenvalue weighted by molar-refractivity contribution is -0.118. The third-order valence-corrected chi connectivity index (χ3v) is 3.10. The minimum absolute atomic E-state index is 0.110. The molecule has 1 aromatic carbocycles. The van der Waals surface area contributed by atoms with Crippen LogP contribution in [-0.2, 0) is 9.59 Å². The van der Waals surface area contributed by atoms with E-state index < -0.39 is 11.9 Å². The van der Waals surface area contributed by atoms with Crippen molar-refractivity contribution in [3.63, 3.8) is 0 Å². The van der Waals surface area contributed by atoms with Gasteiger partial charge in [0, 0.05) is 23.3 Å². The van der Waals surface area contributed by atoms with Crippen molar-refractivity contribution in [2.45, 2.75) is 17.9 Å². The second-order valence-corrected chi connectivity index (χ2v) is 4.62. The van der Waals surface area contributed by atoms with Gasteiger partial charge in [0.05, 0.1) is 6.04 Å². The van der Waals surface area contributed by atoms with E-state index in [1.165, 1.54) is 18.7 Å². The third-order valence-electron chi connectivity index (χ3n) is 1.97. The summed E-state index contributed by atoms with van der Waals surface area (Å²) in [6, 6.07) is 6.64. The molecular formula is C11H15N3O2S. The number of hydrogen-bond donors (Lipinski definition) is 3. The Kier molecular flexibility index (Phi) is 4.99. The van der Waals surface area contributed by atoms with Crippen LogP contribution < -0.4 is 16.8 Å². The van der Waals surface area contributed by atoms with Crippen LogP contribution in [0, 0.1) is 0 Å². The van der Waals surface area contributed by atoms with Gasteiger partial charge in [-0.3, -0.25) is 9.59 Å². The van der Waals surface area contributed by atoms with Crippen LogP contribution in [0.2, 0.25) is 0 Å². The van der Waals surface area contributed by atoms with Gasteiger partial charge in [-0.2, -0.15) is 0 Å². The van der Waals surface area contributed by atoms with Crippen molar-refractivity contribution in [1.82, 2.24) is 0 Å². The van der Waals surface area contributed by atoms with Crippen molar-refractivity contribution in [2.75, 3.05) is 11.1 Å². The molecule has 0 aliphatic carbocycles. The summed E-state index contributed by atoms with van der Waals surface area (Å²) in [6.45, 7) is 1.45. The van der Waals surface area contributed by atoms with Gasteiger partial charge in [0.15, 0.2) is 0 Å². The van der Waals surface area contributed by atoms with Crippen molar-refractivity contribution in [3.05, 3.63) is 24.3 Å². The van der Waals surface area contributed by atoms with E-state index in [0.29, 0.717) is 5.75 Å². The fraction of sp³-hybridized carbons (Fsp3) is 0.273. The maximum Gasteiger partial charge on any atom is 0.235 e. The van der Waals surface area contributed by atoms with E-state index in [1.54, 1.807) is 12.1 Å². The fourth-order valence-electron chi connectivity index (χ4n) is 1.11. The van der Waals surface area contributed by atoms with E-state index in [4.69, 9.17) is 11.5 Å². The Hall–Kier alpha value is -1.53. The second kappa shape index (κ2) is 6.27. The Bertz CT molecular complexity index is 406. The number of carbonyl (C=O) groups is 2. The van der Waals surface area contributed by atoms with Gasteiger partial charge in [0.25, 0.3) is 0 Å². The van der Waals surface area contributed by atoms with Crippen LogP contribution in [0.3, 0.4) is 0 Å². The van der Waals surface area contributed by atoms with Crippen molar-refractivity contribution < 1.29 is 9.59 Å². The van der Waals surface area contributed by atoms with Crippen LogP contribution in [-0.4, -0.2) is 23.6 Å². The third kappa shape index (κ3) is 4.88. The van der Waals surface area contributed by atoms with Crippen LogP contribution >= 0.6 is 11.8 Å². The smallest absolute Gasteiger partial charge is 0.235 e. The second-order valence-electron chi connectivity index (χ2n) is 3.53. The number of rotatable bonds is 5. The Balaban J connectivity index is 2.51. The first-order valence-electron chi connectivity index (χ1n) is 5.04. The Labute approximate surface area is 104 Å². The average molecular weight is 253 g/mol. The number of amides is 2. The molecule has 0 aromatic heterocycles. The lowest BCUT2D eigenvalue weighted by Crippen LogP contribution is -2.38. The lowest BCUT2D eigenvalue weighted by Gasteiger charge is -2.07. The first-order valence-corrected chi connectivity index (χ1v) is 6.03. The van der Waals surface area contributed by atoms with E-state index >= 15 is 0 Å². The summed E-state index contributed by atoms with van der Waals surface area (Å²) in [5.74, 6) is -0.178. The highest BCUT2D eigenvalue weighted by atomic mass is 32.2. The van der Waals surface area contributed by atoms with Crippen LogP contribution in [0.4, 0.5) is 5.69 Å². The highest BCUT2D eigenvalue weighted by molar-refractivity contribution is 7.99. The van der Waals surface area contributed by atoms with Crippen molar-refractivity contribution in [3.8, 4) is 0 Å². The number of hydrogen-bond acceptors (Lipinski definition) is 4. The number of nitrogens with two attached hydrogens (primary N) is 2. The maximum absolute atomic E-state index is 10.8. The largest absolute Gasteiger partial charge is 0.368 e. The average Bonchev–Trinajstić information content (AvgIpc) is 2.26. The van der Waals surface area contributed by atoms with Gasteiger partial charge >= 0.3 is 0 Å². The SMILES string of the molecule is CC(=O)Nc1ccc(SCC(N)C(N)=O)cc1. The van der Waals surface area contributed by atoms with E-state index in [0.717, 1.165) is 10.6 Å². The molecule has 0 saturated carbocycles. The molecule has 0 saturated heterocycles. The first-order chi connectivity index (χ1) is 7.99. The fourth-order valence-corrected chi connectivity index (χ4v) is 1.97. The number of primary amides is 1. The minimum atomic E-state index is -0.643. The summed E-state index contributed by atoms with van der Waals surface area (Å²) < 4.78 is 0. The van der Waals surface area contributed by atoms with E-state index in [1.807, 2.05) is 12.1 Å². The molecule has 17 heavy (non-hydrogen) atoms. The van der Waals surface area contributed by atoms with Crippen LogP contribution in [0.5, 0.6) is 0 Å². The van der Waals surface area contributed by atoms with E-state index in [9.17, 15) is 9.59 Å². The molecule has 1 rings (SSSR count). The molecule has 0 bridgehead atoms. The molecule has 1 atom stereocenters. The number of thioether (sulfide) groups is 1. The highest BCUT2D eigenvalue weighted by Crippen LogP contribution is 2.20. The Morgan fingerprint density at radius 1 is 1.35 bits per heavy atom. The summed E-state index contributed by atoms with van der Waals surface area (Å²) in [7, 11) is 0. The van der Waals surface area contributed by atoms with Crippen molar-refractivity contribution in [1.29, 1.82) is 0 Å². The van der Waals surface area contributed by atoms with Gasteiger partial charge in [-0.15, -0.1) is 11.8 Å². The standard InChI is InChI=1S/C11H15N3O2S/c1-7(15)14-8-2-4-9(5-3-8)17-6-10(12)11(13)16/h2-5,10H,6,12H2,1H3,(H2,13,16)(H,14,15). The molecule has 0 spiro atoms. The molecule has 0 aliphatic heterocycles. The predicted octanol–water partition coefficient (Wildman–Crippen LogP) is 0.550. The van der Waals surface area contributed by atoms with Crippen LogP contribution in [0.1, 0.15) is 6.92 Å². The predicted molar refractivity (Wildman–Crippen MR) is 68.6 cm³/mol. The highest BCUT2D eigenvalue weighted by Gasteiger charge is 2.09. The zero-order valence-corrected chi connectivity index (χ0v) is 10.3. The topological polar surface area (TPSA) is 98.2 Å². The summed E-state index contributed by atoms with van der Waals surface area (Å²) in [5, 5.41) is 2.67. The number of benzene rings is 1. The quantitative estimate of drug-likeness (QED) is 0.667. The monoisotopic (exact) mass is 253 g/mol. The van der Waals surface area contributed by atoms with Gasteiger partial charge in [0.1, 0.15) is 0 Å². The molecule has 0 heterocycles. The van der Waals surface area contributed by atoms with Crippen LogP contribution in [0.15, 0.2) is 29.2 Å². The molecule has 0 radical (unpaired) electrons. The molecule has 6 heteroatoms. The van der Waals surface area contributed by atoms with Gasteiger partial charge in [0.2, 0.25) is 11.8 Å². The summed E-state index contributed by atoms with van der Waals surface area (Å²) >= 11 is 1.45. The summed E-state index contributed by atoms with van der Waals surface area (Å²) in [6.07, 6.45) is 0. The van der Waals surface area contributed by atoms with Crippen LogP contribution in [0.25, 0.3) is 0 Å². The maximum atomic E-state index is 10.8. The molecule has 1 aromatic rings. The van der Waals surface area contributed by atoms with Crippen molar-refractivity contribution >= 4 is 29.3 Å². The summed E-state index contributed by atoms with van der Waals surface area (Å²) in [5.41, 5.74) is 11.3. The zero-order chi connectivity index (χ0) is 12.8. The number of nitrogens with one attached hydrogen (secondary N) is 1. The lowest BCUT2D eigenvalue weighted by atomic mass is 10.3. The van der Waals surface area contributed by atoms with E-state index in [-0.39, 0.29) is 5.91 Å². The number of anilines is 1. The van der Waals surface area contributed by atoms with Gasteiger partial charge < -0.3 is 16.8 Å². The van der Waals surface area contributed by atoms with E-state index in [2.05, 4.69) is 5.32 Å². The Morgan fingerprint density at radius 3 is 2.41 bits per heavy atom. The molecule has 5 N–H and O–H groups in total. The molecule has 2 amide bonds. The molecule has 0 aliphatic rings. The molecule has 5 nitrogen and oxygen atoms in total. The van der Waals surface area contributed by atoms with Gasteiger partial charge in [-0.25, -0.2) is 0 Å². The zero-order valence-electron chi connectivity index (χ0n) is 9.47. The minimum Gasteiger partial charge on any atom is -0.368 e. The molecular weight excluding hydrogens is 238 g/mol. The molecule has 1 unspecified atom stereocenters. The van der Waals surface area contributed by atoms with Gasteiger partial charge in [-0.1, -0.05) is 0 Å². The number of carbonyl (C=O) groups excluding carboxylic acids is 2. The molecule has 92 valence electrons. The van der Waals surface area contributed by atoms with Crippen molar-refractivity contribution in [2.24, 2.45) is 11.5 Å². The first kappa shape index (κ1) is 13.5.